The molecule has 0 aliphatic rings. The molecule has 0 atom stereocenters. The Morgan fingerprint density at radius 2 is 1.88 bits per heavy atom. The van der Waals surface area contributed by atoms with Gasteiger partial charge in [0, 0.05) is 29.4 Å². The highest BCUT2D eigenvalue weighted by Gasteiger charge is 2.08. The van der Waals surface area contributed by atoms with Crippen molar-refractivity contribution in [3.8, 4) is 0 Å². The third kappa shape index (κ3) is 3.78. The molecule has 4 nitrogen and oxygen atoms in total. The van der Waals surface area contributed by atoms with Crippen molar-refractivity contribution in [2.75, 3.05) is 10.6 Å². The van der Waals surface area contributed by atoms with E-state index in [9.17, 15) is 4.79 Å². The van der Waals surface area contributed by atoms with E-state index < -0.39 is 0 Å². The van der Waals surface area contributed by atoms with Gasteiger partial charge in [0.15, 0.2) is 0 Å². The highest BCUT2D eigenvalue weighted by molar-refractivity contribution is 6.31. The van der Waals surface area contributed by atoms with E-state index in [1.54, 1.807) is 18.2 Å². The second-order valence-corrected chi connectivity index (χ2v) is 6.15. The lowest BCUT2D eigenvalue weighted by atomic mass is 10.1. The van der Waals surface area contributed by atoms with Crippen molar-refractivity contribution in [3.63, 3.8) is 0 Å². The number of carbonyl (C=O) groups is 1. The number of anilines is 2. The topological polar surface area (TPSA) is 54.0 Å². The maximum atomic E-state index is 11.3. The molecule has 0 unspecified atom stereocenters. The Labute approximate surface area is 149 Å². The Hall–Kier alpha value is -2.30. The number of nitrogens with zero attached hydrogens (tertiary/aromatic N) is 1. The molecule has 3 rings (SSSR count). The van der Waals surface area contributed by atoms with Crippen molar-refractivity contribution in [1.29, 1.82) is 0 Å². The molecule has 24 heavy (non-hydrogen) atoms. The summed E-state index contributed by atoms with van der Waals surface area (Å²) in [7, 11) is 0. The van der Waals surface area contributed by atoms with Gasteiger partial charge >= 0.3 is 0 Å². The number of hydrogen-bond acceptors (Lipinski definition) is 3. The monoisotopic (exact) mass is 359 g/mol. The van der Waals surface area contributed by atoms with Crippen molar-refractivity contribution in [2.45, 2.75) is 13.5 Å². The molecule has 1 aromatic heterocycles. The van der Waals surface area contributed by atoms with Gasteiger partial charge in [-0.05, 0) is 30.3 Å². The first-order valence-corrected chi connectivity index (χ1v) is 8.14. The van der Waals surface area contributed by atoms with Crippen LogP contribution in [0.25, 0.3) is 10.9 Å². The molecule has 0 spiro atoms. The minimum atomic E-state index is -0.147. The third-order valence-electron chi connectivity index (χ3n) is 3.51. The molecular weight excluding hydrogens is 345 g/mol. The number of nitrogens with one attached hydrogen (secondary N) is 2. The summed E-state index contributed by atoms with van der Waals surface area (Å²) in [5.74, 6) is -0.147. The summed E-state index contributed by atoms with van der Waals surface area (Å²) in [6, 6.07) is 15.0. The van der Waals surface area contributed by atoms with Gasteiger partial charge in [0.05, 0.1) is 16.9 Å². The first-order valence-electron chi connectivity index (χ1n) is 7.38. The lowest BCUT2D eigenvalue weighted by Gasteiger charge is -2.14. The molecule has 6 heteroatoms. The predicted octanol–water partition coefficient (Wildman–Crippen LogP) is 5.11. The van der Waals surface area contributed by atoms with Gasteiger partial charge in [-0.1, -0.05) is 41.4 Å². The summed E-state index contributed by atoms with van der Waals surface area (Å²) in [6.07, 6.45) is 0. The van der Waals surface area contributed by atoms with Crippen LogP contribution < -0.4 is 10.6 Å². The molecule has 0 aliphatic carbocycles. The molecule has 0 aliphatic heterocycles. The summed E-state index contributed by atoms with van der Waals surface area (Å²) >= 11 is 12.3. The molecule has 2 aromatic carbocycles. The molecule has 0 radical (unpaired) electrons. The maximum absolute atomic E-state index is 11.3. The van der Waals surface area contributed by atoms with Gasteiger partial charge in [-0.25, -0.2) is 4.98 Å². The van der Waals surface area contributed by atoms with Crippen LogP contribution >= 0.6 is 23.2 Å². The molecule has 1 heterocycles. The smallest absolute Gasteiger partial charge is 0.221 e. The fraction of sp³-hybridized carbons (Fsp3) is 0.111. The van der Waals surface area contributed by atoms with E-state index in [1.807, 2.05) is 30.3 Å². The van der Waals surface area contributed by atoms with Crippen molar-refractivity contribution >= 4 is 51.4 Å². The zero-order valence-corrected chi connectivity index (χ0v) is 14.4. The second-order valence-electron chi connectivity index (χ2n) is 5.36. The summed E-state index contributed by atoms with van der Waals surface area (Å²) < 4.78 is 0. The third-order valence-corrected chi connectivity index (χ3v) is 4.07. The minimum absolute atomic E-state index is 0.147. The zero-order valence-electron chi connectivity index (χ0n) is 12.9. The van der Waals surface area contributed by atoms with Crippen molar-refractivity contribution < 1.29 is 4.79 Å². The fourth-order valence-electron chi connectivity index (χ4n) is 2.41. The Morgan fingerprint density at radius 3 is 2.67 bits per heavy atom. The first kappa shape index (κ1) is 16.6. The van der Waals surface area contributed by atoms with Crippen LogP contribution in [0.15, 0.2) is 48.5 Å². The van der Waals surface area contributed by atoms with Crippen molar-refractivity contribution in [3.05, 3.63) is 64.3 Å². The predicted molar refractivity (Wildman–Crippen MR) is 99.8 cm³/mol. The average Bonchev–Trinajstić information content (AvgIpc) is 2.54. The number of aromatic nitrogens is 1. The van der Waals surface area contributed by atoms with Crippen LogP contribution in [0.5, 0.6) is 0 Å². The number of para-hydroxylation sites is 1. The number of carbonyl (C=O) groups excluding carboxylic acids is 1. The van der Waals surface area contributed by atoms with Gasteiger partial charge in [-0.2, -0.15) is 0 Å². The highest BCUT2D eigenvalue weighted by Crippen LogP contribution is 2.27. The van der Waals surface area contributed by atoms with E-state index in [-0.39, 0.29) is 5.91 Å². The van der Waals surface area contributed by atoms with Crippen LogP contribution in [0.2, 0.25) is 10.2 Å². The van der Waals surface area contributed by atoms with Crippen molar-refractivity contribution in [2.24, 2.45) is 0 Å². The van der Waals surface area contributed by atoms with Gasteiger partial charge < -0.3 is 10.6 Å². The Morgan fingerprint density at radius 1 is 1.08 bits per heavy atom. The number of pyridine rings is 1. The van der Waals surface area contributed by atoms with Gasteiger partial charge in [-0.3, -0.25) is 4.79 Å². The molecular formula is C18H15Cl2N3O. The Bertz CT molecular complexity index is 912. The quantitative estimate of drug-likeness (QED) is 0.636. The van der Waals surface area contributed by atoms with E-state index in [0.29, 0.717) is 22.4 Å². The SMILES string of the molecule is CC(=O)Nc1ccc(Cl)cc1NCc1cc2ccccc2nc1Cl. The van der Waals surface area contributed by atoms with Crippen LogP contribution in [-0.2, 0) is 11.3 Å². The minimum Gasteiger partial charge on any atom is -0.379 e. The molecule has 0 saturated carbocycles. The van der Waals surface area contributed by atoms with E-state index in [0.717, 1.165) is 22.2 Å². The van der Waals surface area contributed by atoms with Gasteiger partial charge in [0.1, 0.15) is 5.15 Å². The van der Waals surface area contributed by atoms with E-state index in [1.165, 1.54) is 6.92 Å². The summed E-state index contributed by atoms with van der Waals surface area (Å²) in [5, 5.41) is 8.08. The first-order chi connectivity index (χ1) is 11.5. The van der Waals surface area contributed by atoms with E-state index >= 15 is 0 Å². The number of benzene rings is 2. The van der Waals surface area contributed by atoms with Crippen LogP contribution in [-0.4, -0.2) is 10.9 Å². The number of amides is 1. The molecule has 2 N–H and O–H groups in total. The zero-order chi connectivity index (χ0) is 17.1. The molecule has 122 valence electrons. The molecule has 0 fully saturated rings. The van der Waals surface area contributed by atoms with Crippen LogP contribution in [0.4, 0.5) is 11.4 Å². The van der Waals surface area contributed by atoms with Crippen molar-refractivity contribution in [1.82, 2.24) is 4.98 Å². The molecule has 1 amide bonds. The lowest BCUT2D eigenvalue weighted by molar-refractivity contribution is -0.114. The lowest BCUT2D eigenvalue weighted by Crippen LogP contribution is -2.09. The van der Waals surface area contributed by atoms with Crippen LogP contribution in [0, 0.1) is 0 Å². The molecule has 3 aromatic rings. The van der Waals surface area contributed by atoms with E-state index in [4.69, 9.17) is 23.2 Å². The Kier molecular flexibility index (Phi) is 4.88. The van der Waals surface area contributed by atoms with Crippen LogP contribution in [0.3, 0.4) is 0 Å². The maximum Gasteiger partial charge on any atom is 0.221 e. The number of fused-ring (bicyclic) bond motifs is 1. The molecule has 0 bridgehead atoms. The number of halogens is 2. The second kappa shape index (κ2) is 7.07. The standard InChI is InChI=1S/C18H15Cl2N3O/c1-11(24)22-16-7-6-14(19)9-17(16)21-10-13-8-12-4-2-3-5-15(12)23-18(13)20/h2-9,21H,10H2,1H3,(H,22,24). The fourth-order valence-corrected chi connectivity index (χ4v) is 2.80. The van der Waals surface area contributed by atoms with Gasteiger partial charge in [-0.15, -0.1) is 0 Å². The summed E-state index contributed by atoms with van der Waals surface area (Å²) in [5.41, 5.74) is 3.11. The number of hydrogen-bond donors (Lipinski definition) is 2. The molecule has 0 saturated heterocycles. The van der Waals surface area contributed by atoms with Gasteiger partial charge in [0.2, 0.25) is 5.91 Å². The summed E-state index contributed by atoms with van der Waals surface area (Å²) in [4.78, 5) is 15.7. The highest BCUT2D eigenvalue weighted by atomic mass is 35.5. The average molecular weight is 360 g/mol. The summed E-state index contributed by atoms with van der Waals surface area (Å²) in [6.45, 7) is 1.92. The largest absolute Gasteiger partial charge is 0.379 e. The Balaban J connectivity index is 1.87. The van der Waals surface area contributed by atoms with Crippen LogP contribution in [0.1, 0.15) is 12.5 Å². The van der Waals surface area contributed by atoms with Gasteiger partial charge in [0.25, 0.3) is 0 Å². The normalized spacial score (nSPS) is 10.6. The van der Waals surface area contributed by atoms with E-state index in [2.05, 4.69) is 15.6 Å². The number of rotatable bonds is 4.